The van der Waals surface area contributed by atoms with E-state index in [1.807, 2.05) is 0 Å². The monoisotopic (exact) mass is 347 g/mol. The molecule has 1 unspecified atom stereocenters. The maximum Gasteiger partial charge on any atom is 0.280 e. The molecule has 8 heteroatoms. The van der Waals surface area contributed by atoms with Crippen LogP contribution in [0.15, 0.2) is 53.6 Å². The number of nitro groups is 1. The van der Waals surface area contributed by atoms with Crippen LogP contribution in [0.2, 0.25) is 5.02 Å². The fourth-order valence-electron chi connectivity index (χ4n) is 1.74. The predicted octanol–water partition coefficient (Wildman–Crippen LogP) is 3.17. The van der Waals surface area contributed by atoms with Crippen LogP contribution in [0.1, 0.15) is 12.5 Å². The number of hydrogen-bond donors (Lipinski definition) is 1. The Bertz CT molecular complexity index is 762. The maximum absolute atomic E-state index is 11.9. The van der Waals surface area contributed by atoms with Crippen LogP contribution in [0, 0.1) is 10.1 Å². The lowest BCUT2D eigenvalue weighted by Crippen LogP contribution is -2.33. The predicted molar refractivity (Wildman–Crippen MR) is 90.4 cm³/mol. The van der Waals surface area contributed by atoms with Gasteiger partial charge < -0.3 is 4.74 Å². The standard InChI is InChI=1S/C16H14ClN3O4/c1-11(24-14-8-6-13(7-9-14)20(22)23)16(21)19-18-10-12-4-2-3-5-15(12)17/h2-11H,1H3,(H,19,21)/b18-10+. The fraction of sp³-hybridized carbons (Fsp3) is 0.125. The first-order chi connectivity index (χ1) is 11.5. The lowest BCUT2D eigenvalue weighted by Gasteiger charge is -2.12. The molecule has 2 aromatic rings. The number of nitrogens with zero attached hydrogens (tertiary/aromatic N) is 2. The molecule has 0 heterocycles. The van der Waals surface area contributed by atoms with Crippen LogP contribution in [-0.2, 0) is 4.79 Å². The second-order valence-electron chi connectivity index (χ2n) is 4.77. The van der Waals surface area contributed by atoms with Gasteiger partial charge in [-0.1, -0.05) is 29.8 Å². The number of hydrazone groups is 1. The molecule has 0 saturated carbocycles. The Kier molecular flexibility index (Phi) is 5.86. The summed E-state index contributed by atoms with van der Waals surface area (Å²) >= 11 is 5.97. The van der Waals surface area contributed by atoms with E-state index in [0.29, 0.717) is 16.3 Å². The normalized spacial score (nSPS) is 11.9. The summed E-state index contributed by atoms with van der Waals surface area (Å²) in [4.78, 5) is 22.0. The van der Waals surface area contributed by atoms with E-state index in [-0.39, 0.29) is 5.69 Å². The van der Waals surface area contributed by atoms with Crippen molar-refractivity contribution in [2.45, 2.75) is 13.0 Å². The zero-order valence-electron chi connectivity index (χ0n) is 12.7. The third-order valence-corrected chi connectivity index (χ3v) is 3.36. The van der Waals surface area contributed by atoms with Crippen LogP contribution >= 0.6 is 11.6 Å². The summed E-state index contributed by atoms with van der Waals surface area (Å²) in [5.74, 6) is -0.116. The van der Waals surface area contributed by atoms with E-state index in [9.17, 15) is 14.9 Å². The van der Waals surface area contributed by atoms with Gasteiger partial charge >= 0.3 is 0 Å². The summed E-state index contributed by atoms with van der Waals surface area (Å²) in [6.45, 7) is 1.54. The van der Waals surface area contributed by atoms with Crippen LogP contribution in [0.4, 0.5) is 5.69 Å². The largest absolute Gasteiger partial charge is 0.481 e. The number of hydrogen-bond acceptors (Lipinski definition) is 5. The van der Waals surface area contributed by atoms with Crippen LogP contribution < -0.4 is 10.2 Å². The number of non-ortho nitro benzene ring substituents is 1. The minimum Gasteiger partial charge on any atom is -0.481 e. The molecule has 1 atom stereocenters. The Morgan fingerprint density at radius 1 is 1.29 bits per heavy atom. The van der Waals surface area contributed by atoms with Crippen molar-refractivity contribution in [3.8, 4) is 5.75 Å². The molecule has 0 bridgehead atoms. The van der Waals surface area contributed by atoms with Crippen LogP contribution in [-0.4, -0.2) is 23.1 Å². The van der Waals surface area contributed by atoms with E-state index in [1.165, 1.54) is 30.5 Å². The van der Waals surface area contributed by atoms with Crippen LogP contribution in [0.5, 0.6) is 5.75 Å². The molecule has 7 nitrogen and oxygen atoms in total. The molecule has 0 radical (unpaired) electrons. The lowest BCUT2D eigenvalue weighted by molar-refractivity contribution is -0.384. The first-order valence-corrected chi connectivity index (χ1v) is 7.33. The van der Waals surface area contributed by atoms with Crippen molar-refractivity contribution in [1.82, 2.24) is 5.43 Å². The molecule has 0 aliphatic rings. The number of nitrogens with one attached hydrogen (secondary N) is 1. The first kappa shape index (κ1) is 17.4. The van der Waals surface area contributed by atoms with Gasteiger partial charge in [0.1, 0.15) is 5.75 Å². The van der Waals surface area contributed by atoms with Crippen molar-refractivity contribution >= 4 is 29.4 Å². The van der Waals surface area contributed by atoms with Crippen molar-refractivity contribution in [2.75, 3.05) is 0 Å². The molecule has 0 saturated heterocycles. The SMILES string of the molecule is CC(Oc1ccc([N+](=O)[O-])cc1)C(=O)N/N=C/c1ccccc1Cl. The number of benzene rings is 2. The maximum atomic E-state index is 11.9. The Hall–Kier alpha value is -2.93. The highest BCUT2D eigenvalue weighted by Crippen LogP contribution is 2.18. The van der Waals surface area contributed by atoms with Crippen molar-refractivity contribution in [3.05, 3.63) is 69.2 Å². The van der Waals surface area contributed by atoms with E-state index < -0.39 is 16.9 Å². The zero-order chi connectivity index (χ0) is 17.5. The fourth-order valence-corrected chi connectivity index (χ4v) is 1.92. The Morgan fingerprint density at radius 2 is 1.96 bits per heavy atom. The van der Waals surface area contributed by atoms with Gasteiger partial charge in [-0.15, -0.1) is 0 Å². The highest BCUT2D eigenvalue weighted by Gasteiger charge is 2.14. The number of halogens is 1. The van der Waals surface area contributed by atoms with Crippen LogP contribution in [0.3, 0.4) is 0 Å². The Morgan fingerprint density at radius 3 is 2.58 bits per heavy atom. The third-order valence-electron chi connectivity index (χ3n) is 3.01. The minimum absolute atomic E-state index is 0.0520. The van der Waals surface area contributed by atoms with Gasteiger partial charge in [0, 0.05) is 22.7 Å². The number of carbonyl (C=O) groups is 1. The number of nitro benzene ring substituents is 1. The van der Waals surface area contributed by atoms with Crippen molar-refractivity contribution in [2.24, 2.45) is 5.10 Å². The van der Waals surface area contributed by atoms with Gasteiger partial charge in [-0.2, -0.15) is 5.10 Å². The topological polar surface area (TPSA) is 93.8 Å². The molecule has 24 heavy (non-hydrogen) atoms. The van der Waals surface area contributed by atoms with E-state index in [2.05, 4.69) is 10.5 Å². The number of carbonyl (C=O) groups excluding carboxylic acids is 1. The summed E-state index contributed by atoms with van der Waals surface area (Å²) in [5, 5.41) is 14.9. The van der Waals surface area contributed by atoms with Crippen LogP contribution in [0.25, 0.3) is 0 Å². The van der Waals surface area contributed by atoms with Gasteiger partial charge in [0.25, 0.3) is 11.6 Å². The highest BCUT2D eigenvalue weighted by molar-refractivity contribution is 6.33. The third kappa shape index (κ3) is 4.79. The molecule has 2 aromatic carbocycles. The van der Waals surface area contributed by atoms with Crippen molar-refractivity contribution in [1.29, 1.82) is 0 Å². The second kappa shape index (κ2) is 8.07. The second-order valence-corrected chi connectivity index (χ2v) is 5.17. The average molecular weight is 348 g/mol. The molecule has 0 aliphatic heterocycles. The molecule has 0 aliphatic carbocycles. The molecule has 2 rings (SSSR count). The van der Waals surface area contributed by atoms with E-state index >= 15 is 0 Å². The van der Waals surface area contributed by atoms with Gasteiger partial charge in [-0.3, -0.25) is 14.9 Å². The Balaban J connectivity index is 1.90. The van der Waals surface area contributed by atoms with Gasteiger partial charge in [-0.05, 0) is 25.1 Å². The van der Waals surface area contributed by atoms with Gasteiger partial charge in [0.15, 0.2) is 6.10 Å². The molecular formula is C16H14ClN3O4. The summed E-state index contributed by atoms with van der Waals surface area (Å²) < 4.78 is 5.40. The number of rotatable bonds is 6. The average Bonchev–Trinajstić information content (AvgIpc) is 2.57. The van der Waals surface area contributed by atoms with Gasteiger partial charge in [0.05, 0.1) is 11.1 Å². The first-order valence-electron chi connectivity index (χ1n) is 6.96. The summed E-state index contributed by atoms with van der Waals surface area (Å²) in [7, 11) is 0. The zero-order valence-corrected chi connectivity index (χ0v) is 13.4. The lowest BCUT2D eigenvalue weighted by atomic mass is 10.2. The summed E-state index contributed by atoms with van der Waals surface area (Å²) in [5.41, 5.74) is 2.96. The molecular weight excluding hydrogens is 334 g/mol. The quantitative estimate of drug-likeness (QED) is 0.493. The van der Waals surface area contributed by atoms with Gasteiger partial charge in [-0.25, -0.2) is 5.43 Å². The number of amides is 1. The minimum atomic E-state index is -0.824. The molecule has 0 spiro atoms. The van der Waals surface area contributed by atoms with E-state index in [0.717, 1.165) is 0 Å². The van der Waals surface area contributed by atoms with E-state index in [4.69, 9.17) is 16.3 Å². The van der Waals surface area contributed by atoms with E-state index in [1.54, 1.807) is 31.2 Å². The summed E-state index contributed by atoms with van der Waals surface area (Å²) in [6.07, 6.45) is 0.605. The van der Waals surface area contributed by atoms with Crippen molar-refractivity contribution in [3.63, 3.8) is 0 Å². The molecule has 124 valence electrons. The molecule has 1 N–H and O–H groups in total. The summed E-state index contributed by atoms with van der Waals surface area (Å²) in [6, 6.07) is 12.5. The number of ether oxygens (including phenoxy) is 1. The molecule has 0 fully saturated rings. The molecule has 0 aromatic heterocycles. The van der Waals surface area contributed by atoms with Crippen molar-refractivity contribution < 1.29 is 14.5 Å². The van der Waals surface area contributed by atoms with Gasteiger partial charge in [0.2, 0.25) is 0 Å². The molecule has 1 amide bonds. The highest BCUT2D eigenvalue weighted by atomic mass is 35.5. The smallest absolute Gasteiger partial charge is 0.280 e. The Labute approximate surface area is 143 Å².